The lowest BCUT2D eigenvalue weighted by atomic mass is 10.1. The Kier molecular flexibility index (Phi) is 5.12. The van der Waals surface area contributed by atoms with Gasteiger partial charge in [0.05, 0.1) is 23.0 Å². The molecule has 0 atom stereocenters. The van der Waals surface area contributed by atoms with E-state index in [0.29, 0.717) is 28.6 Å². The highest BCUT2D eigenvalue weighted by Gasteiger charge is 2.39. The van der Waals surface area contributed by atoms with Gasteiger partial charge in [0.25, 0.3) is 0 Å². The molecule has 0 bridgehead atoms. The van der Waals surface area contributed by atoms with Crippen molar-refractivity contribution in [1.29, 1.82) is 0 Å². The lowest BCUT2D eigenvalue weighted by Crippen LogP contribution is -2.15. The lowest BCUT2D eigenvalue weighted by molar-refractivity contribution is -0.139. The van der Waals surface area contributed by atoms with Crippen molar-refractivity contribution < 1.29 is 35.9 Å². The topological polar surface area (TPSA) is 44.1 Å². The van der Waals surface area contributed by atoms with E-state index in [4.69, 9.17) is 4.74 Å². The summed E-state index contributed by atoms with van der Waals surface area (Å²) >= 11 is 0. The zero-order chi connectivity index (χ0) is 21.4. The van der Waals surface area contributed by atoms with E-state index < -0.39 is 35.3 Å². The second-order valence-electron chi connectivity index (χ2n) is 6.08. The summed E-state index contributed by atoms with van der Waals surface area (Å²) in [5.74, 6) is -2.00. The fourth-order valence-corrected chi connectivity index (χ4v) is 2.52. The molecule has 0 aliphatic carbocycles. The molecule has 0 unspecified atom stereocenters. The highest BCUT2D eigenvalue weighted by atomic mass is 19.4. The Morgan fingerprint density at radius 1 is 0.966 bits per heavy atom. The van der Waals surface area contributed by atoms with E-state index >= 15 is 0 Å². The van der Waals surface area contributed by atoms with E-state index in [-0.39, 0.29) is 11.3 Å². The van der Waals surface area contributed by atoms with Gasteiger partial charge in [0.2, 0.25) is 5.88 Å². The molecule has 0 fully saturated rings. The first-order chi connectivity index (χ1) is 13.5. The molecular weight excluding hydrogens is 402 g/mol. The molecule has 0 aliphatic heterocycles. The van der Waals surface area contributed by atoms with Crippen LogP contribution in [0.15, 0.2) is 54.7 Å². The van der Waals surface area contributed by atoms with Crippen LogP contribution in [0.25, 0.3) is 5.69 Å². The summed E-state index contributed by atoms with van der Waals surface area (Å²) in [6.45, 7) is 1.68. The second kappa shape index (κ2) is 7.26. The van der Waals surface area contributed by atoms with Crippen molar-refractivity contribution in [2.24, 2.45) is 0 Å². The van der Waals surface area contributed by atoms with Crippen LogP contribution >= 0.6 is 0 Å². The summed E-state index contributed by atoms with van der Waals surface area (Å²) < 4.78 is 83.7. The normalized spacial score (nSPS) is 12.1. The van der Waals surface area contributed by atoms with Crippen LogP contribution in [0.5, 0.6) is 5.88 Å². The van der Waals surface area contributed by atoms with Gasteiger partial charge in [-0.1, -0.05) is 17.7 Å². The predicted octanol–water partition coefficient (Wildman–Crippen LogP) is 5.44. The van der Waals surface area contributed by atoms with Gasteiger partial charge in [-0.2, -0.15) is 31.4 Å². The summed E-state index contributed by atoms with van der Waals surface area (Å²) in [6, 6.07) is 9.25. The van der Waals surface area contributed by atoms with Crippen molar-refractivity contribution in [3.05, 3.63) is 77.0 Å². The zero-order valence-corrected chi connectivity index (χ0v) is 14.7. The molecule has 1 heterocycles. The monoisotopic (exact) mass is 414 g/mol. The number of aromatic nitrogens is 2. The van der Waals surface area contributed by atoms with Crippen LogP contribution in [0.3, 0.4) is 0 Å². The maximum absolute atomic E-state index is 13.3. The molecule has 0 amide bonds. The Labute approximate surface area is 160 Å². The Bertz CT molecular complexity index is 1040. The van der Waals surface area contributed by atoms with Crippen molar-refractivity contribution >= 4 is 5.97 Å². The quantitative estimate of drug-likeness (QED) is 0.424. The minimum absolute atomic E-state index is 0.0123. The van der Waals surface area contributed by atoms with E-state index in [1.807, 2.05) is 0 Å². The summed E-state index contributed by atoms with van der Waals surface area (Å²) in [7, 11) is 0. The van der Waals surface area contributed by atoms with Gasteiger partial charge in [-0.05, 0) is 43.3 Å². The molecule has 0 saturated carbocycles. The van der Waals surface area contributed by atoms with Gasteiger partial charge in [-0.3, -0.25) is 0 Å². The number of halogens is 6. The molecule has 152 valence electrons. The third-order valence-electron chi connectivity index (χ3n) is 3.91. The molecule has 0 aliphatic rings. The van der Waals surface area contributed by atoms with Gasteiger partial charge in [0, 0.05) is 0 Å². The first-order valence-corrected chi connectivity index (χ1v) is 8.08. The molecule has 0 spiro atoms. The first-order valence-electron chi connectivity index (χ1n) is 8.08. The van der Waals surface area contributed by atoms with E-state index in [1.54, 1.807) is 13.0 Å². The van der Waals surface area contributed by atoms with Gasteiger partial charge in [0.15, 0.2) is 0 Å². The number of carbonyl (C=O) groups excluding carboxylic acids is 1. The van der Waals surface area contributed by atoms with E-state index in [0.717, 1.165) is 12.1 Å². The van der Waals surface area contributed by atoms with Gasteiger partial charge in [-0.25, -0.2) is 9.48 Å². The van der Waals surface area contributed by atoms with Gasteiger partial charge in [0.1, 0.15) is 5.56 Å². The number of aryl methyl sites for hydroxylation is 1. The van der Waals surface area contributed by atoms with E-state index in [2.05, 4.69) is 5.10 Å². The third kappa shape index (κ3) is 4.41. The minimum Gasteiger partial charge on any atom is -0.403 e. The van der Waals surface area contributed by atoms with Crippen molar-refractivity contribution in [2.75, 3.05) is 0 Å². The van der Waals surface area contributed by atoms with E-state index in [9.17, 15) is 31.1 Å². The fraction of sp³-hybridized carbons (Fsp3) is 0.158. The summed E-state index contributed by atoms with van der Waals surface area (Å²) in [5, 5.41) is 3.55. The van der Waals surface area contributed by atoms with Crippen molar-refractivity contribution in [2.45, 2.75) is 19.3 Å². The number of benzene rings is 2. The molecule has 1 aromatic heterocycles. The summed E-state index contributed by atoms with van der Waals surface area (Å²) in [6.07, 6.45) is -9.07. The smallest absolute Gasteiger partial charge is 0.403 e. The standard InChI is InChI=1S/C19H12F6N2O2/c1-11-3-2-4-12(9-11)17(28)29-16-15(19(23,24)25)10-26-27(16)14-7-5-13(6-8-14)18(20,21)22/h2-10H,1H3. The summed E-state index contributed by atoms with van der Waals surface area (Å²) in [4.78, 5) is 12.3. The maximum Gasteiger partial charge on any atom is 0.423 e. The SMILES string of the molecule is Cc1cccc(C(=O)Oc2c(C(F)(F)F)cnn2-c2ccc(C(F)(F)F)cc2)c1. The van der Waals surface area contributed by atoms with Crippen LogP contribution in [0, 0.1) is 6.92 Å². The molecule has 10 heteroatoms. The Morgan fingerprint density at radius 2 is 1.62 bits per heavy atom. The number of rotatable bonds is 3. The number of nitrogens with zero attached hydrogens (tertiary/aromatic N) is 2. The molecule has 4 nitrogen and oxygen atoms in total. The highest BCUT2D eigenvalue weighted by molar-refractivity contribution is 5.91. The third-order valence-corrected chi connectivity index (χ3v) is 3.91. The maximum atomic E-state index is 13.3. The molecule has 3 rings (SSSR count). The lowest BCUT2D eigenvalue weighted by Gasteiger charge is -2.13. The van der Waals surface area contributed by atoms with Crippen LogP contribution in [0.2, 0.25) is 0 Å². The van der Waals surface area contributed by atoms with Crippen molar-refractivity contribution in [1.82, 2.24) is 9.78 Å². The van der Waals surface area contributed by atoms with Gasteiger partial charge >= 0.3 is 18.3 Å². The first kappa shape index (κ1) is 20.4. The van der Waals surface area contributed by atoms with Crippen molar-refractivity contribution in [3.8, 4) is 11.6 Å². The van der Waals surface area contributed by atoms with Crippen molar-refractivity contribution in [3.63, 3.8) is 0 Å². The molecule has 3 aromatic rings. The molecule has 0 saturated heterocycles. The van der Waals surface area contributed by atoms with Crippen LogP contribution in [0.1, 0.15) is 27.0 Å². The second-order valence-corrected chi connectivity index (χ2v) is 6.08. The Balaban J connectivity index is 2.03. The Morgan fingerprint density at radius 3 is 2.17 bits per heavy atom. The molecular formula is C19H12F6N2O2. The number of hydrogen-bond donors (Lipinski definition) is 0. The number of hydrogen-bond acceptors (Lipinski definition) is 3. The van der Waals surface area contributed by atoms with Crippen LogP contribution < -0.4 is 4.74 Å². The number of carbonyl (C=O) groups is 1. The van der Waals surface area contributed by atoms with Gasteiger partial charge < -0.3 is 4.74 Å². The average molecular weight is 414 g/mol. The predicted molar refractivity (Wildman–Crippen MR) is 89.7 cm³/mol. The largest absolute Gasteiger partial charge is 0.423 e. The zero-order valence-electron chi connectivity index (χ0n) is 14.7. The Hall–Kier alpha value is -3.30. The van der Waals surface area contributed by atoms with Gasteiger partial charge in [-0.15, -0.1) is 0 Å². The van der Waals surface area contributed by atoms with Crippen LogP contribution in [0.4, 0.5) is 26.3 Å². The number of ether oxygens (including phenoxy) is 1. The van der Waals surface area contributed by atoms with Crippen LogP contribution in [-0.4, -0.2) is 15.7 Å². The molecule has 0 N–H and O–H groups in total. The minimum atomic E-state index is -4.90. The number of esters is 1. The van der Waals surface area contributed by atoms with Crippen LogP contribution in [-0.2, 0) is 12.4 Å². The molecule has 2 aromatic carbocycles. The average Bonchev–Trinajstić information content (AvgIpc) is 3.05. The molecule has 29 heavy (non-hydrogen) atoms. The fourth-order valence-electron chi connectivity index (χ4n) is 2.52. The highest BCUT2D eigenvalue weighted by Crippen LogP contribution is 2.38. The molecule has 0 radical (unpaired) electrons. The van der Waals surface area contributed by atoms with E-state index in [1.165, 1.54) is 18.2 Å². The summed E-state index contributed by atoms with van der Waals surface area (Å²) in [5.41, 5.74) is -1.76. The number of alkyl halides is 6.